The molecule has 2 aromatic heterocycles. The van der Waals surface area contributed by atoms with Crippen LogP contribution in [0.2, 0.25) is 5.15 Å². The highest BCUT2D eigenvalue weighted by Gasteiger charge is 2.14. The average Bonchev–Trinajstić information content (AvgIpc) is 2.70. The zero-order chi connectivity index (χ0) is 10.8. The maximum atomic E-state index is 10.9. The van der Waals surface area contributed by atoms with Crippen LogP contribution in [0, 0.1) is 0 Å². The maximum Gasteiger partial charge on any atom is 0.356 e. The van der Waals surface area contributed by atoms with E-state index in [0.29, 0.717) is 0 Å². The molecule has 15 heavy (non-hydrogen) atoms. The van der Waals surface area contributed by atoms with Gasteiger partial charge in [-0.1, -0.05) is 11.6 Å². The van der Waals surface area contributed by atoms with Crippen molar-refractivity contribution < 1.29 is 9.90 Å². The van der Waals surface area contributed by atoms with E-state index < -0.39 is 5.97 Å². The molecule has 0 radical (unpaired) electrons. The zero-order valence-corrected chi connectivity index (χ0v) is 8.09. The molecule has 6 nitrogen and oxygen atoms in total. The van der Waals surface area contributed by atoms with Crippen LogP contribution in [-0.2, 0) is 0 Å². The van der Waals surface area contributed by atoms with Gasteiger partial charge in [-0.2, -0.15) is 10.2 Å². The lowest BCUT2D eigenvalue weighted by Gasteiger charge is -2.03. The number of hydrogen-bond donors (Lipinski definition) is 1. The molecule has 0 bridgehead atoms. The minimum absolute atomic E-state index is 0.114. The number of pyridine rings is 1. The Hall–Kier alpha value is -1.95. The summed E-state index contributed by atoms with van der Waals surface area (Å²) in [6.07, 6.45) is 2.89. The number of halogens is 1. The number of carboxylic acid groups (broad SMARTS) is 1. The molecule has 0 aliphatic heterocycles. The molecule has 0 saturated carbocycles. The summed E-state index contributed by atoms with van der Waals surface area (Å²) in [6, 6.07) is 2.98. The zero-order valence-electron chi connectivity index (χ0n) is 7.33. The number of carbonyl (C=O) groups is 1. The number of aromatic carboxylic acids is 1. The van der Waals surface area contributed by atoms with E-state index in [1.165, 1.54) is 29.3 Å². The molecule has 1 N–H and O–H groups in total. The van der Waals surface area contributed by atoms with E-state index in [2.05, 4.69) is 15.2 Å². The highest BCUT2D eigenvalue weighted by molar-refractivity contribution is 6.29. The first kappa shape index (κ1) is 9.60. The molecule has 0 aliphatic carbocycles. The fraction of sp³-hybridized carbons (Fsp3) is 0. The van der Waals surface area contributed by atoms with Gasteiger partial charge in [-0.3, -0.25) is 0 Å². The van der Waals surface area contributed by atoms with Gasteiger partial charge in [0.05, 0.1) is 12.4 Å². The molecule has 2 rings (SSSR count). The molecule has 0 spiro atoms. The molecular formula is C8H5ClN4O2. The van der Waals surface area contributed by atoms with Crippen LogP contribution < -0.4 is 0 Å². The van der Waals surface area contributed by atoms with E-state index >= 15 is 0 Å². The van der Waals surface area contributed by atoms with Crippen molar-refractivity contribution >= 4 is 17.6 Å². The van der Waals surface area contributed by atoms with E-state index in [9.17, 15) is 4.79 Å². The summed E-state index contributed by atoms with van der Waals surface area (Å²) in [5, 5.41) is 16.6. The number of rotatable bonds is 2. The highest BCUT2D eigenvalue weighted by atomic mass is 35.5. The first-order valence-electron chi connectivity index (χ1n) is 3.95. The Morgan fingerprint density at radius 3 is 2.60 bits per heavy atom. The highest BCUT2D eigenvalue weighted by Crippen LogP contribution is 2.14. The van der Waals surface area contributed by atoms with Crippen molar-refractivity contribution in [2.45, 2.75) is 0 Å². The van der Waals surface area contributed by atoms with Crippen molar-refractivity contribution in [1.29, 1.82) is 0 Å². The summed E-state index contributed by atoms with van der Waals surface area (Å²) >= 11 is 5.60. The van der Waals surface area contributed by atoms with Gasteiger partial charge in [-0.25, -0.2) is 9.78 Å². The molecule has 0 aliphatic rings. The fourth-order valence-electron chi connectivity index (χ4n) is 1.09. The van der Waals surface area contributed by atoms with Crippen molar-refractivity contribution in [3.8, 4) is 5.69 Å². The fourth-order valence-corrected chi connectivity index (χ4v) is 1.23. The second-order valence-electron chi connectivity index (χ2n) is 2.63. The Labute approximate surface area is 89.1 Å². The summed E-state index contributed by atoms with van der Waals surface area (Å²) in [6.45, 7) is 0. The van der Waals surface area contributed by atoms with Crippen LogP contribution in [0.5, 0.6) is 0 Å². The van der Waals surface area contributed by atoms with Crippen LogP contribution in [0.15, 0.2) is 24.5 Å². The van der Waals surface area contributed by atoms with Crippen molar-refractivity contribution in [3.05, 3.63) is 35.4 Å². The lowest BCUT2D eigenvalue weighted by atomic mass is 10.3. The normalized spacial score (nSPS) is 10.2. The van der Waals surface area contributed by atoms with E-state index in [-0.39, 0.29) is 16.5 Å². The van der Waals surface area contributed by atoms with Crippen LogP contribution in [0.3, 0.4) is 0 Å². The predicted molar refractivity (Wildman–Crippen MR) is 51.1 cm³/mol. The molecule has 76 valence electrons. The third-order valence-electron chi connectivity index (χ3n) is 1.68. The van der Waals surface area contributed by atoms with E-state index in [1.54, 1.807) is 0 Å². The van der Waals surface area contributed by atoms with Gasteiger partial charge in [-0.15, -0.1) is 4.80 Å². The molecule has 0 fully saturated rings. The standard InChI is InChI=1S/C8H5ClN4O2/c9-6-2-1-5(7(12-6)8(14)15)13-10-3-4-11-13/h1-4H,(H,14,15). The molecule has 0 aromatic carbocycles. The van der Waals surface area contributed by atoms with Gasteiger partial charge >= 0.3 is 5.97 Å². The minimum atomic E-state index is -1.18. The van der Waals surface area contributed by atoms with Gasteiger partial charge in [0.1, 0.15) is 10.8 Å². The number of hydrogen-bond acceptors (Lipinski definition) is 4. The van der Waals surface area contributed by atoms with E-state index in [4.69, 9.17) is 16.7 Å². The largest absolute Gasteiger partial charge is 0.476 e. The van der Waals surface area contributed by atoms with Crippen molar-refractivity contribution in [2.75, 3.05) is 0 Å². The minimum Gasteiger partial charge on any atom is -0.476 e. The summed E-state index contributed by atoms with van der Waals surface area (Å²) < 4.78 is 0. The summed E-state index contributed by atoms with van der Waals surface area (Å²) in [5.41, 5.74) is 0.0931. The quantitative estimate of drug-likeness (QED) is 0.770. The van der Waals surface area contributed by atoms with Crippen LogP contribution in [0.1, 0.15) is 10.5 Å². The molecule has 2 aromatic rings. The monoisotopic (exact) mass is 224 g/mol. The predicted octanol–water partition coefficient (Wildman–Crippen LogP) is 1.01. The molecule has 2 heterocycles. The topological polar surface area (TPSA) is 80.9 Å². The van der Waals surface area contributed by atoms with Crippen LogP contribution in [0.25, 0.3) is 5.69 Å². The second-order valence-corrected chi connectivity index (χ2v) is 3.01. The van der Waals surface area contributed by atoms with Crippen LogP contribution in [0.4, 0.5) is 0 Å². The molecule has 0 atom stereocenters. The Balaban J connectivity index is 2.61. The maximum absolute atomic E-state index is 10.9. The Morgan fingerprint density at radius 2 is 2.00 bits per heavy atom. The molecule has 0 amide bonds. The Bertz CT molecular complexity index is 497. The van der Waals surface area contributed by atoms with Gasteiger partial charge in [0.25, 0.3) is 0 Å². The molecule has 7 heteroatoms. The Morgan fingerprint density at radius 1 is 1.33 bits per heavy atom. The third-order valence-corrected chi connectivity index (χ3v) is 1.89. The van der Waals surface area contributed by atoms with Gasteiger partial charge in [-0.05, 0) is 12.1 Å². The second kappa shape index (κ2) is 3.66. The molecule has 0 unspecified atom stereocenters. The van der Waals surface area contributed by atoms with Gasteiger partial charge in [0.15, 0.2) is 5.69 Å². The van der Waals surface area contributed by atoms with Gasteiger partial charge < -0.3 is 5.11 Å². The summed E-state index contributed by atoms with van der Waals surface area (Å²) in [4.78, 5) is 15.7. The SMILES string of the molecule is O=C(O)c1nc(Cl)ccc1-n1nccn1. The number of carboxylic acids is 1. The summed E-state index contributed by atoms with van der Waals surface area (Å²) in [5.74, 6) is -1.18. The van der Waals surface area contributed by atoms with Crippen molar-refractivity contribution in [3.63, 3.8) is 0 Å². The lowest BCUT2D eigenvalue weighted by Crippen LogP contribution is -2.10. The third kappa shape index (κ3) is 1.79. The molecule has 0 saturated heterocycles. The number of aromatic nitrogens is 4. The number of nitrogens with zero attached hydrogens (tertiary/aromatic N) is 4. The smallest absolute Gasteiger partial charge is 0.356 e. The van der Waals surface area contributed by atoms with Crippen molar-refractivity contribution in [2.24, 2.45) is 0 Å². The van der Waals surface area contributed by atoms with Crippen molar-refractivity contribution in [1.82, 2.24) is 20.0 Å². The lowest BCUT2D eigenvalue weighted by molar-refractivity contribution is 0.0690. The molecular weight excluding hydrogens is 220 g/mol. The Kier molecular flexibility index (Phi) is 2.34. The van der Waals surface area contributed by atoms with Gasteiger partial charge in [0.2, 0.25) is 0 Å². The summed E-state index contributed by atoms with van der Waals surface area (Å²) in [7, 11) is 0. The van der Waals surface area contributed by atoms with E-state index in [1.807, 2.05) is 0 Å². The van der Waals surface area contributed by atoms with Crippen LogP contribution >= 0.6 is 11.6 Å². The van der Waals surface area contributed by atoms with E-state index in [0.717, 1.165) is 0 Å². The first-order valence-corrected chi connectivity index (χ1v) is 4.33. The van der Waals surface area contributed by atoms with Gasteiger partial charge in [0, 0.05) is 0 Å². The average molecular weight is 225 g/mol. The van der Waals surface area contributed by atoms with Crippen LogP contribution in [-0.4, -0.2) is 31.1 Å². The first-order chi connectivity index (χ1) is 7.18.